The van der Waals surface area contributed by atoms with Gasteiger partial charge in [0.05, 0.1) is 17.3 Å². The molecule has 1 heterocycles. The number of hydrogen-bond acceptors (Lipinski definition) is 3. The molecule has 21 heavy (non-hydrogen) atoms. The average molecular weight is 312 g/mol. The molecule has 1 aromatic heterocycles. The summed E-state index contributed by atoms with van der Waals surface area (Å²) < 4.78 is 38.5. The molecule has 1 N–H and O–H groups in total. The molecule has 0 aliphatic heterocycles. The summed E-state index contributed by atoms with van der Waals surface area (Å²) >= 11 is 1.61. The average Bonchev–Trinajstić information content (AvgIpc) is 3.00. The summed E-state index contributed by atoms with van der Waals surface area (Å²) in [5.74, 6) is 0. The minimum absolute atomic E-state index is 0.289. The van der Waals surface area contributed by atoms with Crippen LogP contribution in [0.4, 0.5) is 13.2 Å². The van der Waals surface area contributed by atoms with Gasteiger partial charge in [-0.1, -0.05) is 12.1 Å². The van der Waals surface area contributed by atoms with E-state index < -0.39 is 11.7 Å². The maximum atomic E-state index is 12.8. The summed E-state index contributed by atoms with van der Waals surface area (Å²) in [6.45, 7) is 0. The first kappa shape index (κ1) is 14.5. The predicted octanol–water partition coefficient (Wildman–Crippen LogP) is 3.96. The highest BCUT2D eigenvalue weighted by Crippen LogP contribution is 2.35. The third-order valence-corrected chi connectivity index (χ3v) is 4.92. The van der Waals surface area contributed by atoms with Crippen molar-refractivity contribution in [2.75, 3.05) is 7.05 Å². The van der Waals surface area contributed by atoms with E-state index in [0.29, 0.717) is 5.56 Å². The molecule has 0 radical (unpaired) electrons. The van der Waals surface area contributed by atoms with E-state index in [1.807, 2.05) is 0 Å². The smallest absolute Gasteiger partial charge is 0.307 e. The van der Waals surface area contributed by atoms with Crippen LogP contribution in [0.25, 0.3) is 0 Å². The first-order chi connectivity index (χ1) is 9.99. The van der Waals surface area contributed by atoms with Gasteiger partial charge in [-0.2, -0.15) is 13.2 Å². The number of benzene rings is 1. The summed E-state index contributed by atoms with van der Waals surface area (Å²) in [6.07, 6.45) is -1.18. The third kappa shape index (κ3) is 2.82. The van der Waals surface area contributed by atoms with E-state index in [2.05, 4.69) is 10.3 Å². The van der Waals surface area contributed by atoms with Crippen molar-refractivity contribution >= 4 is 11.3 Å². The number of fused-ring (bicyclic) bond motifs is 1. The normalized spacial score (nSPS) is 16.0. The number of aromatic nitrogens is 1. The molecule has 1 aliphatic carbocycles. The monoisotopic (exact) mass is 312 g/mol. The van der Waals surface area contributed by atoms with Crippen molar-refractivity contribution in [2.24, 2.45) is 0 Å². The van der Waals surface area contributed by atoms with Crippen LogP contribution in [0.15, 0.2) is 24.3 Å². The highest BCUT2D eigenvalue weighted by Gasteiger charge is 2.31. The van der Waals surface area contributed by atoms with Crippen LogP contribution in [0, 0.1) is 0 Å². The molecule has 6 heteroatoms. The highest BCUT2D eigenvalue weighted by molar-refractivity contribution is 7.11. The van der Waals surface area contributed by atoms with Crippen molar-refractivity contribution in [3.05, 3.63) is 51.0 Å². The predicted molar refractivity (Wildman–Crippen MR) is 76.5 cm³/mol. The van der Waals surface area contributed by atoms with Crippen LogP contribution in [0.1, 0.15) is 39.2 Å². The molecule has 0 saturated heterocycles. The Morgan fingerprint density at radius 1 is 1.29 bits per heavy atom. The Morgan fingerprint density at radius 2 is 2.10 bits per heavy atom. The molecule has 2 aromatic rings. The van der Waals surface area contributed by atoms with Crippen molar-refractivity contribution in [3.63, 3.8) is 0 Å². The lowest BCUT2D eigenvalue weighted by Crippen LogP contribution is -2.18. The van der Waals surface area contributed by atoms with Crippen LogP contribution in [0.3, 0.4) is 0 Å². The van der Waals surface area contributed by atoms with Gasteiger partial charge in [-0.25, -0.2) is 4.98 Å². The van der Waals surface area contributed by atoms with Gasteiger partial charge in [0, 0.05) is 4.88 Å². The van der Waals surface area contributed by atoms with E-state index in [4.69, 9.17) is 0 Å². The van der Waals surface area contributed by atoms with Gasteiger partial charge in [-0.15, -0.1) is 11.3 Å². The second-order valence-electron chi connectivity index (χ2n) is 5.12. The molecule has 0 spiro atoms. The first-order valence-electron chi connectivity index (χ1n) is 6.82. The fourth-order valence-electron chi connectivity index (χ4n) is 2.66. The molecule has 1 unspecified atom stereocenters. The van der Waals surface area contributed by atoms with Gasteiger partial charge in [0.15, 0.2) is 0 Å². The summed E-state index contributed by atoms with van der Waals surface area (Å²) in [5.41, 5.74) is 1.09. The fraction of sp³-hybridized carbons (Fsp3) is 0.400. The van der Waals surface area contributed by atoms with Gasteiger partial charge in [0.2, 0.25) is 0 Å². The molecule has 3 rings (SSSR count). The molecule has 1 aliphatic rings. The quantitative estimate of drug-likeness (QED) is 0.928. The lowest BCUT2D eigenvalue weighted by molar-refractivity contribution is -0.137. The molecule has 2 nitrogen and oxygen atoms in total. The molecule has 112 valence electrons. The van der Waals surface area contributed by atoms with Crippen LogP contribution >= 0.6 is 11.3 Å². The van der Waals surface area contributed by atoms with Gasteiger partial charge >= 0.3 is 6.18 Å². The van der Waals surface area contributed by atoms with E-state index in [1.54, 1.807) is 24.5 Å². The van der Waals surface area contributed by atoms with Crippen LogP contribution in [0.2, 0.25) is 0 Å². The molecular weight excluding hydrogens is 297 g/mol. The topological polar surface area (TPSA) is 24.9 Å². The van der Waals surface area contributed by atoms with Crippen LogP contribution in [0.5, 0.6) is 0 Å². The number of rotatable bonds is 3. The van der Waals surface area contributed by atoms with E-state index in [-0.39, 0.29) is 6.04 Å². The zero-order valence-electron chi connectivity index (χ0n) is 11.5. The number of hydrogen-bond donors (Lipinski definition) is 1. The molecule has 0 fully saturated rings. The lowest BCUT2D eigenvalue weighted by Gasteiger charge is -2.16. The lowest BCUT2D eigenvalue weighted by atomic mass is 10.0. The number of halogens is 3. The van der Waals surface area contributed by atoms with Gasteiger partial charge in [0.25, 0.3) is 0 Å². The minimum Gasteiger partial charge on any atom is -0.307 e. The second kappa shape index (κ2) is 5.42. The van der Waals surface area contributed by atoms with Gasteiger partial charge < -0.3 is 5.32 Å². The summed E-state index contributed by atoms with van der Waals surface area (Å²) in [7, 11) is 1.75. The van der Waals surface area contributed by atoms with Crippen molar-refractivity contribution in [1.29, 1.82) is 0 Å². The molecule has 1 aromatic carbocycles. The minimum atomic E-state index is -4.32. The second-order valence-corrected chi connectivity index (χ2v) is 6.24. The van der Waals surface area contributed by atoms with E-state index in [1.165, 1.54) is 17.0 Å². The van der Waals surface area contributed by atoms with Gasteiger partial charge in [-0.3, -0.25) is 0 Å². The summed E-state index contributed by atoms with van der Waals surface area (Å²) in [6, 6.07) is 5.17. The maximum Gasteiger partial charge on any atom is 0.416 e. The Hall–Kier alpha value is -1.40. The highest BCUT2D eigenvalue weighted by atomic mass is 32.1. The number of nitrogens with one attached hydrogen (secondary N) is 1. The zero-order valence-corrected chi connectivity index (χ0v) is 12.3. The van der Waals surface area contributed by atoms with Gasteiger partial charge in [-0.05, 0) is 44.0 Å². The Labute approximate surface area is 125 Å². The van der Waals surface area contributed by atoms with Crippen LogP contribution in [-0.2, 0) is 19.0 Å². The molecule has 0 bridgehead atoms. The number of alkyl halides is 3. The van der Waals surface area contributed by atoms with Crippen molar-refractivity contribution in [1.82, 2.24) is 10.3 Å². The zero-order chi connectivity index (χ0) is 15.0. The number of nitrogens with zero attached hydrogens (tertiary/aromatic N) is 1. The Balaban J connectivity index is 1.96. The van der Waals surface area contributed by atoms with Crippen LogP contribution in [-0.4, -0.2) is 12.0 Å². The largest absolute Gasteiger partial charge is 0.416 e. The Kier molecular flexibility index (Phi) is 3.75. The number of thiazole rings is 1. The molecular formula is C15H15F3N2S. The van der Waals surface area contributed by atoms with Crippen molar-refractivity contribution in [2.45, 2.75) is 31.5 Å². The SMILES string of the molecule is CNC(c1cccc(C(F)(F)F)c1)c1nc2c(s1)CCC2. The van der Waals surface area contributed by atoms with Crippen molar-refractivity contribution in [3.8, 4) is 0 Å². The summed E-state index contributed by atoms with van der Waals surface area (Å²) in [5, 5.41) is 3.93. The van der Waals surface area contributed by atoms with E-state index in [9.17, 15) is 13.2 Å². The van der Waals surface area contributed by atoms with Gasteiger partial charge in [0.1, 0.15) is 5.01 Å². The van der Waals surface area contributed by atoms with Crippen LogP contribution < -0.4 is 5.32 Å². The Bertz CT molecular complexity index is 627. The molecule has 1 atom stereocenters. The van der Waals surface area contributed by atoms with Crippen molar-refractivity contribution < 1.29 is 13.2 Å². The Morgan fingerprint density at radius 3 is 2.76 bits per heavy atom. The van der Waals surface area contributed by atoms with E-state index in [0.717, 1.165) is 36.0 Å². The van der Waals surface area contributed by atoms with E-state index >= 15 is 0 Å². The summed E-state index contributed by atoms with van der Waals surface area (Å²) in [4.78, 5) is 5.88. The number of aryl methyl sites for hydroxylation is 2. The molecule has 0 saturated carbocycles. The standard InChI is InChI=1S/C15H15F3N2S/c1-19-13(14-20-11-6-3-7-12(11)21-14)9-4-2-5-10(8-9)15(16,17)18/h2,4-5,8,13,19H,3,6-7H2,1H3. The maximum absolute atomic E-state index is 12.8. The molecule has 0 amide bonds. The third-order valence-electron chi connectivity index (χ3n) is 3.70. The first-order valence-corrected chi connectivity index (χ1v) is 7.63. The fourth-order valence-corrected chi connectivity index (χ4v) is 3.95.